The van der Waals surface area contributed by atoms with Crippen LogP contribution in [0.25, 0.3) is 0 Å². The number of anilines is 1. The standard InChI is InChI=1S/C13H18N2O2/c14-13(8-4-1-5-9-13)12(17)15-10-6-2-3-7-11(10)16/h2-3,6-7,16H,1,4-5,8-9,14H2,(H,15,17). The number of aromatic hydroxyl groups is 1. The first-order chi connectivity index (χ1) is 8.12. The third-order valence-corrected chi connectivity index (χ3v) is 3.35. The van der Waals surface area contributed by atoms with Gasteiger partial charge in [0, 0.05) is 0 Å². The molecule has 0 saturated heterocycles. The summed E-state index contributed by atoms with van der Waals surface area (Å²) in [6.45, 7) is 0. The van der Waals surface area contributed by atoms with Crippen molar-refractivity contribution in [1.82, 2.24) is 0 Å². The molecule has 1 aliphatic rings. The second-order valence-electron chi connectivity index (χ2n) is 4.69. The van der Waals surface area contributed by atoms with E-state index in [2.05, 4.69) is 5.32 Å². The van der Waals surface area contributed by atoms with Gasteiger partial charge in [0.1, 0.15) is 5.75 Å². The number of amides is 1. The fourth-order valence-electron chi connectivity index (χ4n) is 2.24. The molecule has 17 heavy (non-hydrogen) atoms. The number of hydrogen-bond acceptors (Lipinski definition) is 3. The monoisotopic (exact) mass is 234 g/mol. The molecule has 92 valence electrons. The summed E-state index contributed by atoms with van der Waals surface area (Å²) in [4.78, 5) is 12.1. The largest absolute Gasteiger partial charge is 0.506 e. The minimum Gasteiger partial charge on any atom is -0.506 e. The van der Waals surface area contributed by atoms with E-state index in [1.54, 1.807) is 24.3 Å². The number of nitrogens with two attached hydrogens (primary N) is 1. The van der Waals surface area contributed by atoms with Crippen molar-refractivity contribution in [3.63, 3.8) is 0 Å². The summed E-state index contributed by atoms with van der Waals surface area (Å²) in [6.07, 6.45) is 4.55. The first-order valence-corrected chi connectivity index (χ1v) is 6.00. The number of nitrogens with one attached hydrogen (secondary N) is 1. The fraction of sp³-hybridized carbons (Fsp3) is 0.462. The average molecular weight is 234 g/mol. The Morgan fingerprint density at radius 1 is 1.24 bits per heavy atom. The molecule has 2 rings (SSSR count). The molecule has 4 heteroatoms. The van der Waals surface area contributed by atoms with E-state index in [1.807, 2.05) is 0 Å². The van der Waals surface area contributed by atoms with Gasteiger partial charge in [-0.25, -0.2) is 0 Å². The minimum atomic E-state index is -0.777. The van der Waals surface area contributed by atoms with Crippen molar-refractivity contribution >= 4 is 11.6 Å². The molecular weight excluding hydrogens is 216 g/mol. The number of carbonyl (C=O) groups is 1. The molecule has 1 aromatic carbocycles. The van der Waals surface area contributed by atoms with Gasteiger partial charge < -0.3 is 16.2 Å². The van der Waals surface area contributed by atoms with Crippen LogP contribution >= 0.6 is 0 Å². The van der Waals surface area contributed by atoms with Crippen molar-refractivity contribution < 1.29 is 9.90 Å². The number of phenols is 1. The maximum Gasteiger partial charge on any atom is 0.244 e. The third-order valence-electron chi connectivity index (χ3n) is 3.35. The molecule has 4 nitrogen and oxygen atoms in total. The molecule has 1 aromatic rings. The van der Waals surface area contributed by atoms with E-state index in [9.17, 15) is 9.90 Å². The molecule has 0 atom stereocenters. The molecule has 0 aliphatic heterocycles. The first kappa shape index (κ1) is 11.9. The van der Waals surface area contributed by atoms with Crippen LogP contribution in [0.15, 0.2) is 24.3 Å². The Labute approximate surface area is 101 Å². The van der Waals surface area contributed by atoms with Crippen LogP contribution in [-0.2, 0) is 4.79 Å². The van der Waals surface area contributed by atoms with Gasteiger partial charge in [-0.2, -0.15) is 0 Å². The van der Waals surface area contributed by atoms with Crippen molar-refractivity contribution in [2.45, 2.75) is 37.6 Å². The molecule has 1 saturated carbocycles. The lowest BCUT2D eigenvalue weighted by molar-refractivity contribution is -0.122. The van der Waals surface area contributed by atoms with Crippen LogP contribution in [0.4, 0.5) is 5.69 Å². The molecule has 1 fully saturated rings. The van der Waals surface area contributed by atoms with Crippen LogP contribution in [0.1, 0.15) is 32.1 Å². The van der Waals surface area contributed by atoms with Crippen LogP contribution < -0.4 is 11.1 Å². The van der Waals surface area contributed by atoms with Gasteiger partial charge in [0.2, 0.25) is 5.91 Å². The Kier molecular flexibility index (Phi) is 3.33. The molecule has 0 spiro atoms. The van der Waals surface area contributed by atoms with Gasteiger partial charge in [-0.05, 0) is 25.0 Å². The van der Waals surface area contributed by atoms with Crippen LogP contribution in [0.5, 0.6) is 5.75 Å². The van der Waals surface area contributed by atoms with Gasteiger partial charge in [0.15, 0.2) is 0 Å². The summed E-state index contributed by atoms with van der Waals surface area (Å²) in [7, 11) is 0. The lowest BCUT2D eigenvalue weighted by Crippen LogP contribution is -2.52. The van der Waals surface area contributed by atoms with Crippen LogP contribution in [0.3, 0.4) is 0 Å². The van der Waals surface area contributed by atoms with Crippen molar-refractivity contribution in [1.29, 1.82) is 0 Å². The van der Waals surface area contributed by atoms with Gasteiger partial charge in [-0.15, -0.1) is 0 Å². The minimum absolute atomic E-state index is 0.0697. The van der Waals surface area contributed by atoms with E-state index in [0.717, 1.165) is 19.3 Å². The Bertz CT molecular complexity index is 412. The second kappa shape index (κ2) is 4.75. The van der Waals surface area contributed by atoms with E-state index in [1.165, 1.54) is 0 Å². The van der Waals surface area contributed by atoms with Crippen molar-refractivity contribution in [3.8, 4) is 5.75 Å². The van der Waals surface area contributed by atoms with Crippen molar-refractivity contribution in [2.24, 2.45) is 5.73 Å². The highest BCUT2D eigenvalue weighted by Gasteiger charge is 2.35. The zero-order valence-corrected chi connectivity index (χ0v) is 9.78. The Morgan fingerprint density at radius 2 is 1.88 bits per heavy atom. The highest BCUT2D eigenvalue weighted by Crippen LogP contribution is 2.29. The smallest absolute Gasteiger partial charge is 0.244 e. The lowest BCUT2D eigenvalue weighted by Gasteiger charge is -2.31. The molecular formula is C13H18N2O2. The van der Waals surface area contributed by atoms with Crippen LogP contribution in [0, 0.1) is 0 Å². The first-order valence-electron chi connectivity index (χ1n) is 6.00. The van der Waals surface area contributed by atoms with Gasteiger partial charge in [-0.1, -0.05) is 31.4 Å². The predicted molar refractivity (Wildman–Crippen MR) is 66.7 cm³/mol. The van der Waals surface area contributed by atoms with Crippen LogP contribution in [0.2, 0.25) is 0 Å². The number of carbonyl (C=O) groups excluding carboxylic acids is 1. The topological polar surface area (TPSA) is 75.4 Å². The van der Waals surface area contributed by atoms with E-state index in [0.29, 0.717) is 18.5 Å². The number of rotatable bonds is 2. The summed E-state index contributed by atoms with van der Waals surface area (Å²) in [5, 5.41) is 12.3. The maximum absolute atomic E-state index is 12.1. The summed E-state index contributed by atoms with van der Waals surface area (Å²) in [5.41, 5.74) is 5.75. The van der Waals surface area contributed by atoms with Crippen molar-refractivity contribution in [2.75, 3.05) is 5.32 Å². The van der Waals surface area contributed by atoms with Gasteiger partial charge in [0.25, 0.3) is 0 Å². The summed E-state index contributed by atoms with van der Waals surface area (Å²) in [5.74, 6) is -0.126. The Morgan fingerprint density at radius 3 is 2.53 bits per heavy atom. The molecule has 1 aliphatic carbocycles. The molecule has 0 aromatic heterocycles. The molecule has 1 amide bonds. The zero-order valence-electron chi connectivity index (χ0n) is 9.78. The van der Waals surface area contributed by atoms with E-state index >= 15 is 0 Å². The number of phenolic OH excluding ortho intramolecular Hbond substituents is 1. The quantitative estimate of drug-likeness (QED) is 0.685. The summed E-state index contributed by atoms with van der Waals surface area (Å²) in [6, 6.07) is 6.68. The van der Waals surface area contributed by atoms with Crippen LogP contribution in [-0.4, -0.2) is 16.6 Å². The predicted octanol–water partition coefficient (Wildman–Crippen LogP) is 1.99. The summed E-state index contributed by atoms with van der Waals surface area (Å²) >= 11 is 0. The molecule has 0 bridgehead atoms. The number of hydrogen-bond donors (Lipinski definition) is 3. The molecule has 0 radical (unpaired) electrons. The number of para-hydroxylation sites is 2. The van der Waals surface area contributed by atoms with E-state index in [4.69, 9.17) is 5.73 Å². The highest BCUT2D eigenvalue weighted by atomic mass is 16.3. The van der Waals surface area contributed by atoms with E-state index in [-0.39, 0.29) is 11.7 Å². The molecule has 0 unspecified atom stereocenters. The normalized spacial score (nSPS) is 18.6. The van der Waals surface area contributed by atoms with Gasteiger partial charge >= 0.3 is 0 Å². The number of benzene rings is 1. The van der Waals surface area contributed by atoms with E-state index < -0.39 is 5.54 Å². The Balaban J connectivity index is 2.08. The summed E-state index contributed by atoms with van der Waals surface area (Å²) < 4.78 is 0. The van der Waals surface area contributed by atoms with Gasteiger partial charge in [-0.3, -0.25) is 4.79 Å². The van der Waals surface area contributed by atoms with Gasteiger partial charge in [0.05, 0.1) is 11.2 Å². The third kappa shape index (κ3) is 2.58. The average Bonchev–Trinajstić information content (AvgIpc) is 2.33. The van der Waals surface area contributed by atoms with Crippen molar-refractivity contribution in [3.05, 3.63) is 24.3 Å². The second-order valence-corrected chi connectivity index (χ2v) is 4.69. The Hall–Kier alpha value is -1.55. The zero-order chi connectivity index (χ0) is 12.3. The maximum atomic E-state index is 12.1. The fourth-order valence-corrected chi connectivity index (χ4v) is 2.24. The lowest BCUT2D eigenvalue weighted by atomic mass is 9.82. The SMILES string of the molecule is NC1(C(=O)Nc2ccccc2O)CCCCC1. The molecule has 0 heterocycles. The highest BCUT2D eigenvalue weighted by molar-refractivity contribution is 5.99. The molecule has 4 N–H and O–H groups in total.